The molecule has 1 fully saturated rings. The van der Waals surface area contributed by atoms with Crippen LogP contribution in [0.4, 0.5) is 13.2 Å². The average Bonchev–Trinajstić information content (AvgIpc) is 2.87. The normalized spacial score (nSPS) is 14.1. The lowest BCUT2D eigenvalue weighted by Gasteiger charge is -2.29. The number of carboxylic acids is 1. The largest absolute Gasteiger partial charge is 0.497 e. The summed E-state index contributed by atoms with van der Waals surface area (Å²) in [7, 11) is -2.18. The van der Waals surface area contributed by atoms with Gasteiger partial charge in [-0.2, -0.15) is 17.5 Å². The van der Waals surface area contributed by atoms with E-state index in [0.29, 0.717) is 18.8 Å². The molecule has 0 bridgehead atoms. The van der Waals surface area contributed by atoms with Gasteiger partial charge in [0, 0.05) is 45.7 Å². The summed E-state index contributed by atoms with van der Waals surface area (Å²) < 4.78 is 65.1. The maximum Gasteiger partial charge on any atom is 0.490 e. The van der Waals surface area contributed by atoms with Crippen molar-refractivity contribution in [2.24, 2.45) is 0 Å². The Hall–Kier alpha value is -3.16. The molecule has 2 aromatic carbocycles. The fraction of sp³-hybridized carbons (Fsp3) is 0.417. The van der Waals surface area contributed by atoms with Crippen molar-refractivity contribution in [2.75, 3.05) is 39.8 Å². The lowest BCUT2D eigenvalue weighted by molar-refractivity contribution is -0.192. The number of nitrogens with one attached hydrogen (secondary N) is 1. The number of carboxylic acid groups (broad SMARTS) is 1. The summed E-state index contributed by atoms with van der Waals surface area (Å²) >= 11 is 0. The van der Waals surface area contributed by atoms with Crippen LogP contribution in [-0.2, 0) is 26.2 Å². The third-order valence-electron chi connectivity index (χ3n) is 5.44. The van der Waals surface area contributed by atoms with Crippen molar-refractivity contribution in [1.82, 2.24) is 14.5 Å². The number of halogens is 3. The van der Waals surface area contributed by atoms with Gasteiger partial charge in [-0.05, 0) is 36.8 Å². The van der Waals surface area contributed by atoms with E-state index in [4.69, 9.17) is 14.6 Å². The van der Waals surface area contributed by atoms with Gasteiger partial charge in [-0.1, -0.05) is 29.8 Å². The predicted molar refractivity (Wildman–Crippen MR) is 130 cm³/mol. The third kappa shape index (κ3) is 9.34. The first-order chi connectivity index (χ1) is 17.3. The number of ether oxygens (including phenoxy) is 1. The highest BCUT2D eigenvalue weighted by Gasteiger charge is 2.38. The van der Waals surface area contributed by atoms with Crippen LogP contribution in [0.2, 0.25) is 0 Å². The molecule has 1 heterocycles. The number of hydrogen-bond donors (Lipinski definition) is 2. The second-order valence-electron chi connectivity index (χ2n) is 8.19. The molecule has 1 aliphatic rings. The summed E-state index contributed by atoms with van der Waals surface area (Å²) in [6, 6.07) is 14.1. The van der Waals surface area contributed by atoms with Gasteiger partial charge in [0.05, 0.1) is 12.0 Å². The molecule has 3 rings (SSSR count). The Kier molecular flexibility index (Phi) is 10.9. The molecule has 37 heavy (non-hydrogen) atoms. The molecule has 204 valence electrons. The van der Waals surface area contributed by atoms with Crippen molar-refractivity contribution in [3.63, 3.8) is 0 Å². The number of nitrogens with zero attached hydrogens (tertiary/aromatic N) is 2. The molecule has 9 nitrogen and oxygen atoms in total. The number of carbonyl (C=O) groups is 2. The summed E-state index contributed by atoms with van der Waals surface area (Å²) in [5.41, 5.74) is 1.79. The molecular formula is C24H30F3N3O6S. The van der Waals surface area contributed by atoms with Gasteiger partial charge < -0.3 is 20.1 Å². The van der Waals surface area contributed by atoms with E-state index >= 15 is 0 Å². The minimum absolute atomic E-state index is 0.0220. The number of sulfonamides is 1. The molecule has 13 heteroatoms. The number of methoxy groups -OCH3 is 1. The summed E-state index contributed by atoms with van der Waals surface area (Å²) in [6.07, 6.45) is -4.94. The Morgan fingerprint density at radius 3 is 2.24 bits per heavy atom. The highest BCUT2D eigenvalue weighted by Crippen LogP contribution is 2.22. The molecule has 0 atom stereocenters. The molecule has 2 aromatic rings. The second-order valence-corrected chi connectivity index (χ2v) is 10.1. The van der Waals surface area contributed by atoms with E-state index in [-0.39, 0.29) is 30.3 Å². The summed E-state index contributed by atoms with van der Waals surface area (Å²) in [5, 5.41) is 10.3. The molecule has 0 saturated carbocycles. The smallest absolute Gasteiger partial charge is 0.490 e. The van der Waals surface area contributed by atoms with Crippen molar-refractivity contribution in [2.45, 2.75) is 31.0 Å². The van der Waals surface area contributed by atoms with Crippen LogP contribution in [-0.4, -0.2) is 80.6 Å². The second kappa shape index (κ2) is 13.4. The Bertz CT molecular complexity index is 1150. The number of hydrogen-bond acceptors (Lipinski definition) is 6. The summed E-state index contributed by atoms with van der Waals surface area (Å²) in [6.45, 7) is 5.04. The van der Waals surface area contributed by atoms with Crippen LogP contribution in [0.25, 0.3) is 0 Å². The molecule has 1 amide bonds. The van der Waals surface area contributed by atoms with Gasteiger partial charge in [0.15, 0.2) is 0 Å². The molecule has 2 N–H and O–H groups in total. The average molecular weight is 546 g/mol. The van der Waals surface area contributed by atoms with Crippen LogP contribution in [0, 0.1) is 6.92 Å². The van der Waals surface area contributed by atoms with Crippen molar-refractivity contribution in [3.8, 4) is 5.75 Å². The number of aryl methyl sites for hydroxylation is 1. The highest BCUT2D eigenvalue weighted by atomic mass is 32.2. The van der Waals surface area contributed by atoms with E-state index in [9.17, 15) is 26.4 Å². The molecule has 0 aliphatic carbocycles. The van der Waals surface area contributed by atoms with Gasteiger partial charge in [-0.3, -0.25) is 4.79 Å². The molecule has 1 saturated heterocycles. The van der Waals surface area contributed by atoms with Crippen molar-refractivity contribution in [3.05, 3.63) is 59.7 Å². The Labute approximate surface area is 213 Å². The lowest BCUT2D eigenvalue weighted by Crippen LogP contribution is -2.47. The third-order valence-corrected chi connectivity index (χ3v) is 7.30. The van der Waals surface area contributed by atoms with Crippen LogP contribution >= 0.6 is 0 Å². The van der Waals surface area contributed by atoms with Gasteiger partial charge >= 0.3 is 12.1 Å². The summed E-state index contributed by atoms with van der Waals surface area (Å²) in [4.78, 5) is 23.5. The highest BCUT2D eigenvalue weighted by molar-refractivity contribution is 7.89. The van der Waals surface area contributed by atoms with E-state index < -0.39 is 22.2 Å². The van der Waals surface area contributed by atoms with Crippen LogP contribution in [0.5, 0.6) is 5.75 Å². The van der Waals surface area contributed by atoms with Crippen LogP contribution in [0.1, 0.15) is 17.5 Å². The maximum absolute atomic E-state index is 13.4. The molecule has 0 unspecified atom stereocenters. The van der Waals surface area contributed by atoms with Gasteiger partial charge in [-0.15, -0.1) is 0 Å². The van der Waals surface area contributed by atoms with Gasteiger partial charge in [-0.25, -0.2) is 13.2 Å². The van der Waals surface area contributed by atoms with Crippen molar-refractivity contribution < 1.29 is 41.0 Å². The first-order valence-corrected chi connectivity index (χ1v) is 12.8. The quantitative estimate of drug-likeness (QED) is 0.524. The first kappa shape index (κ1) is 30.1. The first-order valence-electron chi connectivity index (χ1n) is 11.3. The Morgan fingerprint density at radius 2 is 1.70 bits per heavy atom. The number of amides is 1. The Morgan fingerprint density at radius 1 is 1.11 bits per heavy atom. The van der Waals surface area contributed by atoms with Crippen LogP contribution in [0.3, 0.4) is 0 Å². The van der Waals surface area contributed by atoms with E-state index in [2.05, 4.69) is 5.32 Å². The van der Waals surface area contributed by atoms with Gasteiger partial charge in [0.25, 0.3) is 0 Å². The lowest BCUT2D eigenvalue weighted by atomic mass is 10.2. The van der Waals surface area contributed by atoms with Crippen molar-refractivity contribution >= 4 is 21.9 Å². The number of aliphatic carboxylic acids is 1. The SMILES string of the molecule is COc1cccc(CN(CCC(=O)N2CCNCC2)S(=O)(=O)c2ccc(C)cc2)c1.O=C(O)C(F)(F)F. The van der Waals surface area contributed by atoms with E-state index in [0.717, 1.165) is 24.2 Å². The number of rotatable bonds is 8. The molecular weight excluding hydrogens is 515 g/mol. The topological polar surface area (TPSA) is 116 Å². The number of alkyl halides is 3. The zero-order chi connectivity index (χ0) is 27.6. The molecule has 0 spiro atoms. The van der Waals surface area contributed by atoms with Crippen LogP contribution < -0.4 is 10.1 Å². The van der Waals surface area contributed by atoms with Gasteiger partial charge in [0.2, 0.25) is 15.9 Å². The standard InChI is InChI=1S/C22H29N3O4S.C2HF3O2/c1-18-6-8-21(9-7-18)30(27,28)25(17-19-4-3-5-20(16-19)29-2)13-10-22(26)24-14-11-23-12-15-24;3-2(4,5)1(6)7/h3-9,16,23H,10-15,17H2,1-2H3;(H,6,7). The number of piperazine rings is 1. The monoisotopic (exact) mass is 545 g/mol. The molecule has 0 radical (unpaired) electrons. The number of carbonyl (C=O) groups excluding carboxylic acids is 1. The zero-order valence-corrected chi connectivity index (χ0v) is 21.3. The molecule has 0 aromatic heterocycles. The fourth-order valence-corrected chi connectivity index (χ4v) is 4.84. The zero-order valence-electron chi connectivity index (χ0n) is 20.5. The summed E-state index contributed by atoms with van der Waals surface area (Å²) in [5.74, 6) is -2.11. The fourth-order valence-electron chi connectivity index (χ4n) is 3.41. The van der Waals surface area contributed by atoms with E-state index in [1.165, 1.54) is 4.31 Å². The predicted octanol–water partition coefficient (Wildman–Crippen LogP) is 2.65. The van der Waals surface area contributed by atoms with E-state index in [1.807, 2.05) is 31.2 Å². The minimum Gasteiger partial charge on any atom is -0.497 e. The number of benzene rings is 2. The van der Waals surface area contributed by atoms with Crippen molar-refractivity contribution in [1.29, 1.82) is 0 Å². The van der Waals surface area contributed by atoms with E-state index in [1.54, 1.807) is 36.3 Å². The maximum atomic E-state index is 13.4. The minimum atomic E-state index is -5.08. The molecule has 1 aliphatic heterocycles. The Balaban J connectivity index is 0.000000604. The van der Waals surface area contributed by atoms with Gasteiger partial charge in [0.1, 0.15) is 5.75 Å². The van der Waals surface area contributed by atoms with Crippen LogP contribution in [0.15, 0.2) is 53.4 Å².